The molecule has 7 amide bonds. The zero-order valence-electron chi connectivity index (χ0n) is 21.1. The largest absolute Gasteiger partial charge is 0.480 e. The number of carbonyl (C=O) groups is 8. The van der Waals surface area contributed by atoms with Crippen LogP contribution in [0, 0.1) is 0 Å². The van der Waals surface area contributed by atoms with E-state index in [-0.39, 0.29) is 0 Å². The molecule has 0 heterocycles. The Morgan fingerprint density at radius 1 is 0.605 bits per heavy atom. The molecule has 0 unspecified atom stereocenters. The van der Waals surface area contributed by atoms with Crippen molar-refractivity contribution in [3.8, 4) is 0 Å². The van der Waals surface area contributed by atoms with Gasteiger partial charge in [0.25, 0.3) is 0 Å². The average Bonchev–Trinajstić information content (AvgIpc) is 2.85. The molecule has 0 rings (SSSR count). The Balaban J connectivity index is 4.41. The summed E-state index contributed by atoms with van der Waals surface area (Å²) < 4.78 is 0. The van der Waals surface area contributed by atoms with Gasteiger partial charge in [-0.1, -0.05) is 0 Å². The number of carboxylic acids is 1. The summed E-state index contributed by atoms with van der Waals surface area (Å²) >= 11 is 0. The zero-order valence-corrected chi connectivity index (χ0v) is 21.1. The fourth-order valence-corrected chi connectivity index (χ4v) is 2.41. The van der Waals surface area contributed by atoms with Crippen molar-refractivity contribution in [3.63, 3.8) is 0 Å². The number of aliphatic hydroxyl groups excluding tert-OH is 1. The van der Waals surface area contributed by atoms with Crippen LogP contribution in [0.2, 0.25) is 0 Å². The number of carbonyl (C=O) groups excluding carboxylic acids is 7. The number of aliphatic carboxylic acids is 1. The third kappa shape index (κ3) is 14.3. The molecule has 0 aromatic heterocycles. The highest BCUT2D eigenvalue weighted by molar-refractivity contribution is 5.95. The minimum Gasteiger partial charge on any atom is -0.480 e. The van der Waals surface area contributed by atoms with E-state index in [1.807, 2.05) is 5.32 Å². The van der Waals surface area contributed by atoms with E-state index >= 15 is 0 Å². The van der Waals surface area contributed by atoms with Crippen molar-refractivity contribution < 1.29 is 48.6 Å². The van der Waals surface area contributed by atoms with Crippen LogP contribution in [-0.4, -0.2) is 114 Å². The molecule has 0 aliphatic rings. The quantitative estimate of drug-likeness (QED) is 0.0868. The van der Waals surface area contributed by atoms with Crippen molar-refractivity contribution in [2.75, 3.05) is 32.8 Å². The Bertz CT molecular complexity index is 910. The van der Waals surface area contributed by atoms with Gasteiger partial charge in [-0.3, -0.25) is 38.4 Å². The molecule has 0 radical (unpaired) electrons. The monoisotopic (exact) mass is 546 g/mol. The maximum atomic E-state index is 12.1. The summed E-state index contributed by atoms with van der Waals surface area (Å²) in [5.41, 5.74) is 5.35. The van der Waals surface area contributed by atoms with Crippen molar-refractivity contribution >= 4 is 47.3 Å². The van der Waals surface area contributed by atoms with E-state index < -0.39 is 104 Å². The van der Waals surface area contributed by atoms with Crippen molar-refractivity contribution in [2.45, 2.75) is 44.9 Å². The first-order valence-corrected chi connectivity index (χ1v) is 11.2. The Kier molecular flexibility index (Phi) is 15.2. The number of nitrogens with two attached hydrogens (primary N) is 1. The molecular formula is C20H34N8O10. The first kappa shape index (κ1) is 33.7. The number of hydrogen-bond donors (Lipinski definition) is 10. The van der Waals surface area contributed by atoms with E-state index in [9.17, 15) is 43.5 Å². The molecule has 0 bridgehead atoms. The predicted molar refractivity (Wildman–Crippen MR) is 128 cm³/mol. The van der Waals surface area contributed by atoms with Crippen LogP contribution in [0.5, 0.6) is 0 Å². The third-order valence-corrected chi connectivity index (χ3v) is 4.47. The third-order valence-electron chi connectivity index (χ3n) is 4.47. The molecule has 18 nitrogen and oxygen atoms in total. The normalized spacial score (nSPS) is 13.4. The van der Waals surface area contributed by atoms with Gasteiger partial charge < -0.3 is 53.2 Å². The number of carboxylic acid groups (broad SMARTS) is 1. The van der Waals surface area contributed by atoms with Gasteiger partial charge in [0.05, 0.1) is 32.3 Å². The van der Waals surface area contributed by atoms with Crippen LogP contribution >= 0.6 is 0 Å². The summed E-state index contributed by atoms with van der Waals surface area (Å²) in [5, 5.41) is 33.1. The van der Waals surface area contributed by atoms with E-state index in [4.69, 9.17) is 10.8 Å². The van der Waals surface area contributed by atoms with Gasteiger partial charge >= 0.3 is 5.97 Å². The second-order valence-electron chi connectivity index (χ2n) is 7.93. The lowest BCUT2D eigenvalue weighted by atomic mass is 10.2. The molecule has 4 atom stereocenters. The lowest BCUT2D eigenvalue weighted by molar-refractivity contribution is -0.138. The van der Waals surface area contributed by atoms with E-state index in [1.165, 1.54) is 20.8 Å². The van der Waals surface area contributed by atoms with Crippen LogP contribution in [0.25, 0.3) is 0 Å². The Morgan fingerprint density at radius 2 is 0.974 bits per heavy atom. The average molecular weight is 547 g/mol. The molecule has 0 fully saturated rings. The van der Waals surface area contributed by atoms with E-state index in [1.54, 1.807) is 0 Å². The van der Waals surface area contributed by atoms with E-state index in [0.29, 0.717) is 0 Å². The molecule has 0 aliphatic carbocycles. The van der Waals surface area contributed by atoms with Gasteiger partial charge in [0, 0.05) is 0 Å². The number of aliphatic hydroxyl groups is 1. The van der Waals surface area contributed by atoms with Crippen molar-refractivity contribution in [1.29, 1.82) is 0 Å². The molecule has 18 heteroatoms. The molecule has 0 saturated heterocycles. The van der Waals surface area contributed by atoms with Gasteiger partial charge in [0.15, 0.2) is 0 Å². The summed E-state index contributed by atoms with van der Waals surface area (Å²) in [5.74, 6) is -6.62. The zero-order chi connectivity index (χ0) is 29.4. The second-order valence-corrected chi connectivity index (χ2v) is 7.93. The van der Waals surface area contributed by atoms with Gasteiger partial charge in [-0.25, -0.2) is 0 Å². The summed E-state index contributed by atoms with van der Waals surface area (Å²) in [6.45, 7) is 0.958. The fraction of sp³-hybridized carbons (Fsp3) is 0.600. The van der Waals surface area contributed by atoms with Gasteiger partial charge in [-0.15, -0.1) is 0 Å². The Labute approximate surface area is 217 Å². The van der Waals surface area contributed by atoms with E-state index in [0.717, 1.165) is 0 Å². The predicted octanol–water partition coefficient (Wildman–Crippen LogP) is -6.63. The topological polar surface area (TPSA) is 287 Å². The van der Waals surface area contributed by atoms with Crippen molar-refractivity contribution in [3.05, 3.63) is 0 Å². The maximum Gasteiger partial charge on any atom is 0.322 e. The lowest BCUT2D eigenvalue weighted by Gasteiger charge is -2.18. The summed E-state index contributed by atoms with van der Waals surface area (Å²) in [7, 11) is 0. The smallest absolute Gasteiger partial charge is 0.322 e. The minimum absolute atomic E-state index is 0.401. The minimum atomic E-state index is -1.44. The van der Waals surface area contributed by atoms with Crippen LogP contribution in [0.1, 0.15) is 20.8 Å². The van der Waals surface area contributed by atoms with Crippen LogP contribution in [0.4, 0.5) is 0 Å². The highest BCUT2D eigenvalue weighted by Crippen LogP contribution is 1.87. The molecule has 0 saturated carbocycles. The first-order chi connectivity index (χ1) is 17.7. The lowest BCUT2D eigenvalue weighted by Crippen LogP contribution is -2.54. The van der Waals surface area contributed by atoms with Crippen LogP contribution < -0.4 is 43.0 Å². The number of amides is 7. The molecular weight excluding hydrogens is 512 g/mol. The molecule has 38 heavy (non-hydrogen) atoms. The Morgan fingerprint density at radius 3 is 1.34 bits per heavy atom. The van der Waals surface area contributed by atoms with Crippen LogP contribution in [-0.2, 0) is 38.4 Å². The fourth-order valence-electron chi connectivity index (χ4n) is 2.41. The molecule has 0 spiro atoms. The number of nitrogens with one attached hydrogen (secondary N) is 7. The standard InChI is InChI=1S/C20H34N8O10/c1-9(21)17(35)22-4-13(30)26-10(2)18(36)23-5-14(31)27-11(3)19(37)24-6-15(32)28-12(8-29)20(38)25-7-16(33)34/h9-12,29H,4-8,21H2,1-3H3,(H,22,35)(H,23,36)(H,24,37)(H,25,38)(H,26,30)(H,27,31)(H,28,32)(H,33,34)/t9-,10-,11-,12-/m0/s1. The molecule has 214 valence electrons. The highest BCUT2D eigenvalue weighted by atomic mass is 16.4. The van der Waals surface area contributed by atoms with Crippen molar-refractivity contribution in [2.24, 2.45) is 5.73 Å². The Hall–Kier alpha value is -4.32. The van der Waals surface area contributed by atoms with Gasteiger partial charge in [-0.05, 0) is 20.8 Å². The van der Waals surface area contributed by atoms with Crippen LogP contribution in [0.15, 0.2) is 0 Å². The number of hydrogen-bond acceptors (Lipinski definition) is 10. The molecule has 0 aromatic rings. The molecule has 0 aromatic carbocycles. The highest BCUT2D eigenvalue weighted by Gasteiger charge is 2.22. The summed E-state index contributed by atoms with van der Waals surface area (Å²) in [6.07, 6.45) is 0. The van der Waals surface area contributed by atoms with E-state index in [2.05, 4.69) is 31.9 Å². The summed E-state index contributed by atoms with van der Waals surface area (Å²) in [4.78, 5) is 93.3. The molecule has 11 N–H and O–H groups in total. The molecule has 0 aliphatic heterocycles. The van der Waals surface area contributed by atoms with Crippen molar-refractivity contribution in [1.82, 2.24) is 37.2 Å². The van der Waals surface area contributed by atoms with Gasteiger partial charge in [0.2, 0.25) is 41.4 Å². The van der Waals surface area contributed by atoms with Gasteiger partial charge in [-0.2, -0.15) is 0 Å². The second kappa shape index (κ2) is 17.2. The number of rotatable bonds is 16. The maximum absolute atomic E-state index is 12.1. The van der Waals surface area contributed by atoms with Gasteiger partial charge in [0.1, 0.15) is 24.7 Å². The van der Waals surface area contributed by atoms with Crippen LogP contribution in [0.3, 0.4) is 0 Å². The summed E-state index contributed by atoms with van der Waals surface area (Å²) in [6, 6.07) is -4.44. The first-order valence-electron chi connectivity index (χ1n) is 11.2. The SMILES string of the molecule is C[C@H](N)C(=O)NCC(=O)N[C@@H](C)C(=O)NCC(=O)N[C@@H](C)C(=O)NCC(=O)N[C@@H](CO)C(=O)NCC(=O)O.